The van der Waals surface area contributed by atoms with Gasteiger partial charge in [-0.25, -0.2) is 0 Å². The number of halogens is 1. The summed E-state index contributed by atoms with van der Waals surface area (Å²) in [7, 11) is 0. The van der Waals surface area contributed by atoms with Crippen LogP contribution in [-0.4, -0.2) is 30.7 Å². The number of nitrogens with two attached hydrogens (primary N) is 1. The topological polar surface area (TPSA) is 64.4 Å². The Hall–Kier alpha value is -0.320. The van der Waals surface area contributed by atoms with Crippen molar-refractivity contribution in [2.75, 3.05) is 13.2 Å². The van der Waals surface area contributed by atoms with Crippen LogP contribution in [0.4, 0.5) is 0 Å². The molecule has 2 fully saturated rings. The number of hydrogen-bond donors (Lipinski definition) is 2. The van der Waals surface area contributed by atoms with Gasteiger partial charge < -0.3 is 15.8 Å². The van der Waals surface area contributed by atoms with E-state index in [0.29, 0.717) is 26.1 Å². The van der Waals surface area contributed by atoms with Crippen molar-refractivity contribution in [3.8, 4) is 0 Å². The van der Waals surface area contributed by atoms with Crippen LogP contribution < -0.4 is 11.1 Å². The lowest BCUT2D eigenvalue weighted by molar-refractivity contribution is -0.131. The molecule has 0 aromatic heterocycles. The second-order valence-electron chi connectivity index (χ2n) is 8.35. The first-order valence-corrected chi connectivity index (χ1v) is 7.80. The van der Waals surface area contributed by atoms with Crippen LogP contribution in [0.2, 0.25) is 0 Å². The molecule has 0 atom stereocenters. The minimum atomic E-state index is -0.732. The lowest BCUT2D eigenvalue weighted by Crippen LogP contribution is -2.60. The second kappa shape index (κ2) is 6.43. The van der Waals surface area contributed by atoms with E-state index in [1.54, 1.807) is 0 Å². The van der Waals surface area contributed by atoms with Crippen molar-refractivity contribution in [1.82, 2.24) is 5.32 Å². The highest BCUT2D eigenvalue weighted by Gasteiger charge is 2.42. The van der Waals surface area contributed by atoms with E-state index in [1.165, 1.54) is 6.42 Å². The molecule has 0 aromatic carbocycles. The average molecular weight is 319 g/mol. The SMILES string of the molecule is CC1(C)CC(NC(=O)C2(N)CCOCC2)CC(C)(C)C1.Cl. The van der Waals surface area contributed by atoms with Gasteiger partial charge in [-0.05, 0) is 42.9 Å². The Labute approximate surface area is 135 Å². The molecule has 0 spiro atoms. The fraction of sp³-hybridized carbons (Fsp3) is 0.938. The zero-order valence-corrected chi connectivity index (χ0v) is 14.6. The Bertz CT molecular complexity index is 360. The van der Waals surface area contributed by atoms with Crippen molar-refractivity contribution in [1.29, 1.82) is 0 Å². The fourth-order valence-corrected chi connectivity index (χ4v) is 4.24. The summed E-state index contributed by atoms with van der Waals surface area (Å²) in [6.07, 6.45) is 4.52. The number of ether oxygens (including phenoxy) is 1. The quantitative estimate of drug-likeness (QED) is 0.822. The molecule has 3 N–H and O–H groups in total. The van der Waals surface area contributed by atoms with Crippen molar-refractivity contribution >= 4 is 18.3 Å². The molecule has 2 aliphatic rings. The highest BCUT2D eigenvalue weighted by molar-refractivity contribution is 5.86. The average Bonchev–Trinajstić information content (AvgIpc) is 2.25. The van der Waals surface area contributed by atoms with Crippen molar-refractivity contribution in [2.24, 2.45) is 16.6 Å². The second-order valence-corrected chi connectivity index (χ2v) is 8.35. The van der Waals surface area contributed by atoms with Crippen molar-refractivity contribution < 1.29 is 9.53 Å². The molecule has 21 heavy (non-hydrogen) atoms. The summed E-state index contributed by atoms with van der Waals surface area (Å²) in [5, 5.41) is 3.22. The zero-order valence-electron chi connectivity index (χ0n) is 13.8. The summed E-state index contributed by atoms with van der Waals surface area (Å²) in [6.45, 7) is 10.3. The summed E-state index contributed by atoms with van der Waals surface area (Å²) < 4.78 is 5.31. The molecule has 0 radical (unpaired) electrons. The Balaban J connectivity index is 0.00000220. The van der Waals surface area contributed by atoms with Gasteiger partial charge in [-0.15, -0.1) is 12.4 Å². The third kappa shape index (κ3) is 4.83. The fourth-order valence-electron chi connectivity index (χ4n) is 4.24. The first kappa shape index (κ1) is 18.7. The predicted molar refractivity (Wildman–Crippen MR) is 87.6 cm³/mol. The molecule has 0 bridgehead atoms. The monoisotopic (exact) mass is 318 g/mol. The number of rotatable bonds is 2. The highest BCUT2D eigenvalue weighted by atomic mass is 35.5. The highest BCUT2D eigenvalue weighted by Crippen LogP contribution is 2.45. The Morgan fingerprint density at radius 2 is 1.57 bits per heavy atom. The van der Waals surface area contributed by atoms with E-state index in [-0.39, 0.29) is 35.2 Å². The summed E-state index contributed by atoms with van der Waals surface area (Å²) in [6, 6.07) is 0.240. The smallest absolute Gasteiger partial charge is 0.240 e. The lowest BCUT2D eigenvalue weighted by atomic mass is 9.63. The van der Waals surface area contributed by atoms with E-state index in [0.717, 1.165) is 12.8 Å². The Kier molecular flexibility index (Phi) is 5.73. The van der Waals surface area contributed by atoms with Gasteiger partial charge in [0.15, 0.2) is 0 Å². The van der Waals surface area contributed by atoms with E-state index in [9.17, 15) is 4.79 Å². The normalized spacial score (nSPS) is 27.5. The molecule has 124 valence electrons. The number of carbonyl (C=O) groups excluding carboxylic acids is 1. The van der Waals surface area contributed by atoms with E-state index in [4.69, 9.17) is 10.5 Å². The maximum atomic E-state index is 12.5. The van der Waals surface area contributed by atoms with Gasteiger partial charge >= 0.3 is 0 Å². The van der Waals surface area contributed by atoms with Gasteiger partial charge in [-0.1, -0.05) is 27.7 Å². The molecular weight excluding hydrogens is 288 g/mol. The van der Waals surface area contributed by atoms with Gasteiger partial charge in [0.1, 0.15) is 0 Å². The zero-order chi connectivity index (χ0) is 15.0. The third-order valence-electron chi connectivity index (χ3n) is 4.73. The van der Waals surface area contributed by atoms with Gasteiger partial charge in [0.2, 0.25) is 5.91 Å². The van der Waals surface area contributed by atoms with Crippen LogP contribution in [0.25, 0.3) is 0 Å². The maximum absolute atomic E-state index is 12.5. The summed E-state index contributed by atoms with van der Waals surface area (Å²) >= 11 is 0. The number of carbonyl (C=O) groups is 1. The summed E-state index contributed by atoms with van der Waals surface area (Å²) in [4.78, 5) is 12.5. The first-order valence-electron chi connectivity index (χ1n) is 7.80. The maximum Gasteiger partial charge on any atom is 0.240 e. The Morgan fingerprint density at radius 1 is 1.10 bits per heavy atom. The molecule has 0 unspecified atom stereocenters. The van der Waals surface area contributed by atoms with Gasteiger partial charge in [-0.2, -0.15) is 0 Å². The van der Waals surface area contributed by atoms with Crippen LogP contribution >= 0.6 is 12.4 Å². The van der Waals surface area contributed by atoms with Crippen molar-refractivity contribution in [3.05, 3.63) is 0 Å². The van der Waals surface area contributed by atoms with E-state index in [1.807, 2.05) is 0 Å². The number of amides is 1. The van der Waals surface area contributed by atoms with Crippen LogP contribution in [0.5, 0.6) is 0 Å². The molecule has 4 nitrogen and oxygen atoms in total. The first-order chi connectivity index (χ1) is 9.12. The predicted octanol–water partition coefficient (Wildman–Crippen LogP) is 2.64. The van der Waals surface area contributed by atoms with Gasteiger partial charge in [0.25, 0.3) is 0 Å². The van der Waals surface area contributed by atoms with Crippen LogP contribution in [0.3, 0.4) is 0 Å². The van der Waals surface area contributed by atoms with Crippen LogP contribution in [0, 0.1) is 10.8 Å². The number of nitrogens with one attached hydrogen (secondary N) is 1. The van der Waals surface area contributed by atoms with Gasteiger partial charge in [-0.3, -0.25) is 4.79 Å². The van der Waals surface area contributed by atoms with Crippen molar-refractivity contribution in [3.63, 3.8) is 0 Å². The Morgan fingerprint density at radius 3 is 2.05 bits per heavy atom. The molecule has 1 saturated carbocycles. The molecule has 1 aliphatic heterocycles. The van der Waals surface area contributed by atoms with Gasteiger partial charge in [0, 0.05) is 19.3 Å². The molecule has 1 aliphatic carbocycles. The standard InChI is InChI=1S/C16H30N2O2.ClH/c1-14(2)9-12(10-15(3,4)11-14)18-13(19)16(17)5-7-20-8-6-16;/h12H,5-11,17H2,1-4H3,(H,18,19);1H. The van der Waals surface area contributed by atoms with E-state index < -0.39 is 5.54 Å². The largest absolute Gasteiger partial charge is 0.381 e. The van der Waals surface area contributed by atoms with E-state index >= 15 is 0 Å². The summed E-state index contributed by atoms with van der Waals surface area (Å²) in [5.41, 5.74) is 6.08. The minimum absolute atomic E-state index is 0. The van der Waals surface area contributed by atoms with Crippen LogP contribution in [-0.2, 0) is 9.53 Å². The molecular formula is C16H31ClN2O2. The van der Waals surface area contributed by atoms with Crippen molar-refractivity contribution in [2.45, 2.75) is 71.4 Å². The van der Waals surface area contributed by atoms with E-state index in [2.05, 4.69) is 33.0 Å². The molecule has 1 amide bonds. The third-order valence-corrected chi connectivity index (χ3v) is 4.73. The summed E-state index contributed by atoms with van der Waals surface area (Å²) in [5.74, 6) is 0.0132. The van der Waals surface area contributed by atoms with Gasteiger partial charge in [0.05, 0.1) is 5.54 Å². The number of hydrogen-bond acceptors (Lipinski definition) is 3. The minimum Gasteiger partial charge on any atom is -0.381 e. The van der Waals surface area contributed by atoms with Crippen LogP contribution in [0.1, 0.15) is 59.8 Å². The molecule has 0 aromatic rings. The lowest BCUT2D eigenvalue weighted by Gasteiger charge is -2.46. The van der Waals surface area contributed by atoms with Crippen LogP contribution in [0.15, 0.2) is 0 Å². The molecule has 2 rings (SSSR count). The molecule has 5 heteroatoms. The molecule has 1 saturated heterocycles. The molecule has 1 heterocycles.